The molecule has 0 aliphatic carbocycles. The molecule has 5 heteroatoms. The molecule has 0 unspecified atom stereocenters. The van der Waals surface area contributed by atoms with Crippen molar-refractivity contribution in [2.75, 3.05) is 12.8 Å². The van der Waals surface area contributed by atoms with Crippen LogP contribution in [0, 0.1) is 0 Å². The first-order chi connectivity index (χ1) is 9.58. The van der Waals surface area contributed by atoms with Crippen molar-refractivity contribution in [2.45, 2.75) is 56.9 Å². The molecule has 0 spiro atoms. The minimum Gasteiger partial charge on any atom is -0.444 e. The highest BCUT2D eigenvalue weighted by molar-refractivity contribution is 8.00. The van der Waals surface area contributed by atoms with Crippen LogP contribution < -0.4 is 5.73 Å². The summed E-state index contributed by atoms with van der Waals surface area (Å²) in [6.07, 6.45) is -0.328. The van der Waals surface area contributed by atoms with Gasteiger partial charge in [-0.1, -0.05) is 13.8 Å². The fourth-order valence-electron chi connectivity index (χ4n) is 1.75. The van der Waals surface area contributed by atoms with Gasteiger partial charge in [-0.3, -0.25) is 0 Å². The Bertz CT molecular complexity index is 496. The molecule has 0 aliphatic heterocycles. The van der Waals surface area contributed by atoms with Crippen molar-refractivity contribution in [3.63, 3.8) is 0 Å². The molecule has 2 N–H and O–H groups in total. The molecule has 0 saturated carbocycles. The van der Waals surface area contributed by atoms with Crippen LogP contribution in [0.5, 0.6) is 0 Å². The Hall–Kier alpha value is -1.36. The van der Waals surface area contributed by atoms with Crippen LogP contribution in [-0.2, 0) is 11.3 Å². The molecule has 0 fully saturated rings. The highest BCUT2D eigenvalue weighted by Crippen LogP contribution is 2.29. The molecule has 0 saturated heterocycles. The van der Waals surface area contributed by atoms with Gasteiger partial charge in [0, 0.05) is 29.4 Å². The summed E-state index contributed by atoms with van der Waals surface area (Å²) >= 11 is 1.77. The lowest BCUT2D eigenvalue weighted by atomic mass is 10.2. The fraction of sp³-hybridized carbons (Fsp3) is 0.562. The van der Waals surface area contributed by atoms with E-state index >= 15 is 0 Å². The Kier molecular flexibility index (Phi) is 5.96. The number of hydrogen-bond donors (Lipinski definition) is 1. The van der Waals surface area contributed by atoms with Crippen molar-refractivity contribution in [1.29, 1.82) is 0 Å². The number of anilines is 1. The van der Waals surface area contributed by atoms with Gasteiger partial charge < -0.3 is 15.4 Å². The molecule has 0 aliphatic rings. The van der Waals surface area contributed by atoms with E-state index in [1.165, 1.54) is 0 Å². The van der Waals surface area contributed by atoms with E-state index in [9.17, 15) is 4.79 Å². The van der Waals surface area contributed by atoms with Gasteiger partial charge in [0.2, 0.25) is 0 Å². The molecule has 0 heterocycles. The van der Waals surface area contributed by atoms with Crippen LogP contribution >= 0.6 is 11.8 Å². The van der Waals surface area contributed by atoms with Crippen molar-refractivity contribution >= 4 is 23.5 Å². The van der Waals surface area contributed by atoms with Gasteiger partial charge in [0.05, 0.1) is 0 Å². The Morgan fingerprint density at radius 2 is 2.00 bits per heavy atom. The van der Waals surface area contributed by atoms with E-state index in [-0.39, 0.29) is 6.09 Å². The van der Waals surface area contributed by atoms with Gasteiger partial charge in [-0.05, 0) is 44.5 Å². The lowest BCUT2D eigenvalue weighted by molar-refractivity contribution is 0.0284. The molecule has 0 radical (unpaired) electrons. The Labute approximate surface area is 132 Å². The van der Waals surface area contributed by atoms with Crippen LogP contribution in [-0.4, -0.2) is 28.9 Å². The summed E-state index contributed by atoms with van der Waals surface area (Å²) in [4.78, 5) is 14.8. The lowest BCUT2D eigenvalue weighted by Gasteiger charge is -2.25. The average Bonchev–Trinajstić information content (AvgIpc) is 2.30. The number of nitrogens with zero attached hydrogens (tertiary/aromatic N) is 1. The van der Waals surface area contributed by atoms with E-state index in [0.717, 1.165) is 10.5 Å². The second-order valence-corrected chi connectivity index (χ2v) is 7.99. The van der Waals surface area contributed by atoms with Crippen molar-refractivity contribution in [2.24, 2.45) is 0 Å². The Morgan fingerprint density at radius 3 is 2.52 bits per heavy atom. The molecule has 1 amide bonds. The molecular formula is C16H26N2O2S. The quantitative estimate of drug-likeness (QED) is 0.671. The van der Waals surface area contributed by atoms with Crippen LogP contribution in [0.3, 0.4) is 0 Å². The standard InChI is InChI=1S/C16H26N2O2S/c1-11(2)21-14-8-7-13(17)9-12(14)10-18(6)15(19)20-16(3,4)5/h7-9,11H,10,17H2,1-6H3. The van der Waals surface area contributed by atoms with Crippen LogP contribution in [0.15, 0.2) is 23.1 Å². The van der Waals surface area contributed by atoms with E-state index in [4.69, 9.17) is 10.5 Å². The second-order valence-electron chi connectivity index (χ2n) is 6.37. The average molecular weight is 310 g/mol. The third-order valence-corrected chi connectivity index (χ3v) is 3.68. The smallest absolute Gasteiger partial charge is 0.410 e. The summed E-state index contributed by atoms with van der Waals surface area (Å²) in [5, 5.41) is 0.471. The largest absolute Gasteiger partial charge is 0.444 e. The summed E-state index contributed by atoms with van der Waals surface area (Å²) in [5.41, 5.74) is 7.13. The third-order valence-electron chi connectivity index (χ3n) is 2.56. The van der Waals surface area contributed by atoms with E-state index in [0.29, 0.717) is 17.5 Å². The first-order valence-electron chi connectivity index (χ1n) is 7.07. The van der Waals surface area contributed by atoms with Crippen LogP contribution in [0.4, 0.5) is 10.5 Å². The zero-order valence-electron chi connectivity index (χ0n) is 13.8. The molecule has 1 rings (SSSR count). The molecule has 4 nitrogen and oxygen atoms in total. The normalized spacial score (nSPS) is 11.6. The first-order valence-corrected chi connectivity index (χ1v) is 7.95. The van der Waals surface area contributed by atoms with Crippen molar-refractivity contribution in [1.82, 2.24) is 4.90 Å². The minimum absolute atomic E-state index is 0.328. The van der Waals surface area contributed by atoms with E-state index in [1.54, 1.807) is 23.7 Å². The van der Waals surface area contributed by atoms with E-state index < -0.39 is 5.60 Å². The molecule has 1 aromatic carbocycles. The number of ether oxygens (including phenoxy) is 1. The van der Waals surface area contributed by atoms with Crippen LogP contribution in [0.25, 0.3) is 0 Å². The number of carbonyl (C=O) groups is 1. The number of hydrogen-bond acceptors (Lipinski definition) is 4. The summed E-state index contributed by atoms with van der Waals surface area (Å²) in [7, 11) is 1.74. The molecule has 1 aromatic rings. The van der Waals surface area contributed by atoms with Gasteiger partial charge in [-0.15, -0.1) is 11.8 Å². The summed E-state index contributed by atoms with van der Waals surface area (Å²) < 4.78 is 5.37. The summed E-state index contributed by atoms with van der Waals surface area (Å²) in [5.74, 6) is 0. The number of amides is 1. The summed E-state index contributed by atoms with van der Waals surface area (Å²) in [6, 6.07) is 5.82. The maximum Gasteiger partial charge on any atom is 0.410 e. The zero-order chi connectivity index (χ0) is 16.2. The first kappa shape index (κ1) is 17.7. The van der Waals surface area contributed by atoms with Gasteiger partial charge in [0.15, 0.2) is 0 Å². The highest BCUT2D eigenvalue weighted by atomic mass is 32.2. The molecule has 21 heavy (non-hydrogen) atoms. The predicted octanol–water partition coefficient (Wildman–Crippen LogP) is 4.14. The van der Waals surface area contributed by atoms with Crippen LogP contribution in [0.2, 0.25) is 0 Å². The molecule has 0 atom stereocenters. The van der Waals surface area contributed by atoms with E-state index in [2.05, 4.69) is 13.8 Å². The van der Waals surface area contributed by atoms with Gasteiger partial charge >= 0.3 is 6.09 Å². The van der Waals surface area contributed by atoms with Crippen LogP contribution in [0.1, 0.15) is 40.2 Å². The molecular weight excluding hydrogens is 284 g/mol. The second kappa shape index (κ2) is 7.07. The Morgan fingerprint density at radius 1 is 1.38 bits per heavy atom. The molecule has 0 bridgehead atoms. The monoisotopic (exact) mass is 310 g/mol. The van der Waals surface area contributed by atoms with Crippen molar-refractivity contribution in [3.8, 4) is 0 Å². The number of nitrogens with two attached hydrogens (primary N) is 1. The van der Waals surface area contributed by atoms with Crippen molar-refractivity contribution < 1.29 is 9.53 Å². The molecule has 118 valence electrons. The number of thioether (sulfide) groups is 1. The maximum absolute atomic E-state index is 12.0. The van der Waals surface area contributed by atoms with Gasteiger partial charge in [-0.2, -0.15) is 0 Å². The predicted molar refractivity (Wildman–Crippen MR) is 89.5 cm³/mol. The van der Waals surface area contributed by atoms with Gasteiger partial charge in [0.25, 0.3) is 0 Å². The van der Waals surface area contributed by atoms with Crippen molar-refractivity contribution in [3.05, 3.63) is 23.8 Å². The highest BCUT2D eigenvalue weighted by Gasteiger charge is 2.20. The van der Waals surface area contributed by atoms with Gasteiger partial charge in [0.1, 0.15) is 5.60 Å². The SMILES string of the molecule is CC(C)Sc1ccc(N)cc1CN(C)C(=O)OC(C)(C)C. The van der Waals surface area contributed by atoms with Gasteiger partial charge in [-0.25, -0.2) is 4.79 Å². The lowest BCUT2D eigenvalue weighted by Crippen LogP contribution is -2.33. The van der Waals surface area contributed by atoms with E-state index in [1.807, 2.05) is 39.0 Å². The summed E-state index contributed by atoms with van der Waals surface area (Å²) in [6.45, 7) is 10.3. The topological polar surface area (TPSA) is 55.6 Å². The number of nitrogen functional groups attached to an aromatic ring is 1. The third kappa shape index (κ3) is 6.29. The number of rotatable bonds is 4. The zero-order valence-corrected chi connectivity index (χ0v) is 14.6. The maximum atomic E-state index is 12.0. The molecule has 0 aromatic heterocycles. The number of benzene rings is 1. The fourth-order valence-corrected chi connectivity index (χ4v) is 2.68. The minimum atomic E-state index is -0.490. The number of carbonyl (C=O) groups excluding carboxylic acids is 1. The Balaban J connectivity index is 2.85.